The van der Waals surface area contributed by atoms with Gasteiger partial charge in [0.05, 0.1) is 23.3 Å². The Morgan fingerprint density at radius 3 is 2.52 bits per heavy atom. The monoisotopic (exact) mass is 355 g/mol. The molecule has 0 bridgehead atoms. The molecule has 21 heavy (non-hydrogen) atoms. The first-order chi connectivity index (χ1) is 9.95. The third-order valence-corrected chi connectivity index (χ3v) is 5.16. The van der Waals surface area contributed by atoms with Crippen LogP contribution in [-0.2, 0) is 4.74 Å². The maximum atomic E-state index is 6.52. The number of rotatable bonds is 5. The van der Waals surface area contributed by atoms with Crippen molar-refractivity contribution in [1.82, 2.24) is 0 Å². The van der Waals surface area contributed by atoms with Gasteiger partial charge in [0.2, 0.25) is 0 Å². The van der Waals surface area contributed by atoms with E-state index < -0.39 is 0 Å². The smallest absolute Gasteiger partial charge is 0.133 e. The van der Waals surface area contributed by atoms with Crippen molar-refractivity contribution in [2.24, 2.45) is 17.6 Å². The molecule has 5 atom stereocenters. The normalized spacial score (nSPS) is 30.4. The molecule has 0 saturated carbocycles. The Hall–Kier alpha value is -0.580. The van der Waals surface area contributed by atoms with E-state index in [0.717, 1.165) is 28.8 Å². The largest absolute Gasteiger partial charge is 0.492 e. The zero-order valence-corrected chi connectivity index (χ0v) is 14.9. The maximum absolute atomic E-state index is 6.52. The average Bonchev–Trinajstić information content (AvgIpc) is 2.70. The summed E-state index contributed by atoms with van der Waals surface area (Å²) in [6, 6.07) is 6.14. The van der Waals surface area contributed by atoms with Crippen molar-refractivity contribution in [2.45, 2.75) is 52.4 Å². The van der Waals surface area contributed by atoms with E-state index in [2.05, 4.69) is 55.8 Å². The lowest BCUT2D eigenvalue weighted by Crippen LogP contribution is -2.30. The van der Waals surface area contributed by atoms with Crippen LogP contribution in [0.3, 0.4) is 0 Å². The van der Waals surface area contributed by atoms with Crippen LogP contribution in [0.2, 0.25) is 0 Å². The Balaban J connectivity index is 2.16. The van der Waals surface area contributed by atoms with Crippen molar-refractivity contribution >= 4 is 15.9 Å². The van der Waals surface area contributed by atoms with Gasteiger partial charge < -0.3 is 15.2 Å². The van der Waals surface area contributed by atoms with E-state index in [0.29, 0.717) is 11.8 Å². The van der Waals surface area contributed by atoms with E-state index >= 15 is 0 Å². The van der Waals surface area contributed by atoms with Gasteiger partial charge in [-0.3, -0.25) is 0 Å². The van der Waals surface area contributed by atoms with Gasteiger partial charge in [0, 0.05) is 12.0 Å². The lowest BCUT2D eigenvalue weighted by molar-refractivity contribution is 0.0489. The number of halogens is 1. The van der Waals surface area contributed by atoms with Gasteiger partial charge in [-0.25, -0.2) is 0 Å². The minimum absolute atomic E-state index is 0.0172. The fourth-order valence-electron chi connectivity index (χ4n) is 3.19. The van der Waals surface area contributed by atoms with Crippen LogP contribution in [0.5, 0.6) is 5.75 Å². The highest BCUT2D eigenvalue weighted by Gasteiger charge is 2.40. The number of benzene rings is 1. The summed E-state index contributed by atoms with van der Waals surface area (Å²) in [6.45, 7) is 9.31. The van der Waals surface area contributed by atoms with Crippen molar-refractivity contribution in [1.29, 1.82) is 0 Å². The third-order valence-electron chi connectivity index (χ3n) is 4.54. The van der Waals surface area contributed by atoms with E-state index in [9.17, 15) is 0 Å². The second-order valence-electron chi connectivity index (χ2n) is 6.05. The molecule has 0 spiro atoms. The fourth-order valence-corrected chi connectivity index (χ4v) is 3.70. The molecule has 1 heterocycles. The minimum atomic E-state index is -0.0172. The van der Waals surface area contributed by atoms with Crippen LogP contribution in [0.1, 0.15) is 45.7 Å². The molecule has 5 unspecified atom stereocenters. The van der Waals surface area contributed by atoms with Gasteiger partial charge in [-0.1, -0.05) is 19.9 Å². The van der Waals surface area contributed by atoms with Crippen LogP contribution >= 0.6 is 15.9 Å². The molecule has 1 aliphatic heterocycles. The Bertz CT molecular complexity index is 480. The molecule has 2 rings (SSSR count). The van der Waals surface area contributed by atoms with Crippen molar-refractivity contribution in [3.05, 3.63) is 28.2 Å². The zero-order chi connectivity index (χ0) is 15.6. The SMILES string of the molecule is CCCOc1ccc(C(N)C2C(C)OC(C)C2C)cc1Br. The standard InChI is InChI=1S/C17H26BrNO2/c1-5-8-20-15-7-6-13(9-14(15)18)17(19)16-10(2)11(3)21-12(16)4/h6-7,9-12,16-17H,5,8,19H2,1-4H3. The predicted octanol–water partition coefficient (Wildman–Crippen LogP) is 4.30. The predicted molar refractivity (Wildman–Crippen MR) is 89.5 cm³/mol. The highest BCUT2D eigenvalue weighted by molar-refractivity contribution is 9.10. The van der Waals surface area contributed by atoms with Gasteiger partial charge in [-0.05, 0) is 59.8 Å². The highest BCUT2D eigenvalue weighted by Crippen LogP contribution is 2.40. The fraction of sp³-hybridized carbons (Fsp3) is 0.647. The lowest BCUT2D eigenvalue weighted by atomic mass is 9.81. The van der Waals surface area contributed by atoms with E-state index in [1.54, 1.807) is 0 Å². The van der Waals surface area contributed by atoms with Gasteiger partial charge in [0.25, 0.3) is 0 Å². The maximum Gasteiger partial charge on any atom is 0.133 e. The van der Waals surface area contributed by atoms with E-state index in [1.165, 1.54) is 0 Å². The molecule has 1 aromatic rings. The lowest BCUT2D eigenvalue weighted by Gasteiger charge is -2.26. The summed E-state index contributed by atoms with van der Waals surface area (Å²) in [5.74, 6) is 1.68. The van der Waals surface area contributed by atoms with Crippen molar-refractivity contribution in [3.63, 3.8) is 0 Å². The van der Waals surface area contributed by atoms with E-state index in [-0.39, 0.29) is 18.2 Å². The van der Waals surface area contributed by atoms with E-state index in [4.69, 9.17) is 15.2 Å². The molecule has 0 aliphatic carbocycles. The van der Waals surface area contributed by atoms with Crippen LogP contribution in [0.25, 0.3) is 0 Å². The van der Waals surface area contributed by atoms with Crippen LogP contribution in [0.4, 0.5) is 0 Å². The average molecular weight is 356 g/mol. The molecule has 1 saturated heterocycles. The van der Waals surface area contributed by atoms with Gasteiger partial charge in [-0.2, -0.15) is 0 Å². The molecule has 3 nitrogen and oxygen atoms in total. The molecule has 0 amide bonds. The van der Waals surface area contributed by atoms with Crippen LogP contribution in [0.15, 0.2) is 22.7 Å². The molecule has 0 radical (unpaired) electrons. The quantitative estimate of drug-likeness (QED) is 0.856. The van der Waals surface area contributed by atoms with Crippen molar-refractivity contribution < 1.29 is 9.47 Å². The highest BCUT2D eigenvalue weighted by atomic mass is 79.9. The van der Waals surface area contributed by atoms with Gasteiger partial charge in [0.15, 0.2) is 0 Å². The van der Waals surface area contributed by atoms with Crippen LogP contribution in [0, 0.1) is 11.8 Å². The van der Waals surface area contributed by atoms with Gasteiger partial charge >= 0.3 is 0 Å². The van der Waals surface area contributed by atoms with Crippen LogP contribution in [-0.4, -0.2) is 18.8 Å². The van der Waals surface area contributed by atoms with Crippen molar-refractivity contribution in [2.75, 3.05) is 6.61 Å². The molecule has 2 N–H and O–H groups in total. The molecule has 1 aliphatic rings. The summed E-state index contributed by atoms with van der Waals surface area (Å²) in [4.78, 5) is 0. The van der Waals surface area contributed by atoms with E-state index in [1.807, 2.05) is 6.07 Å². The zero-order valence-electron chi connectivity index (χ0n) is 13.3. The third kappa shape index (κ3) is 3.61. The molecule has 118 valence electrons. The summed E-state index contributed by atoms with van der Waals surface area (Å²) >= 11 is 3.58. The minimum Gasteiger partial charge on any atom is -0.492 e. The van der Waals surface area contributed by atoms with Crippen LogP contribution < -0.4 is 10.5 Å². The Labute approximate surface area is 136 Å². The first-order valence-electron chi connectivity index (χ1n) is 7.79. The molecular formula is C17H26BrNO2. The van der Waals surface area contributed by atoms with Crippen molar-refractivity contribution in [3.8, 4) is 5.75 Å². The Morgan fingerprint density at radius 2 is 2.00 bits per heavy atom. The molecule has 4 heteroatoms. The molecule has 1 fully saturated rings. The molecule has 0 aromatic heterocycles. The number of ether oxygens (including phenoxy) is 2. The first kappa shape index (κ1) is 16.8. The Kier molecular flexibility index (Phi) is 5.69. The summed E-state index contributed by atoms with van der Waals surface area (Å²) in [6.07, 6.45) is 1.46. The van der Waals surface area contributed by atoms with Gasteiger partial charge in [-0.15, -0.1) is 0 Å². The van der Waals surface area contributed by atoms with Gasteiger partial charge in [0.1, 0.15) is 5.75 Å². The number of nitrogens with two attached hydrogens (primary N) is 1. The second kappa shape index (κ2) is 7.12. The Morgan fingerprint density at radius 1 is 1.29 bits per heavy atom. The second-order valence-corrected chi connectivity index (χ2v) is 6.90. The number of hydrogen-bond donors (Lipinski definition) is 1. The molecular weight excluding hydrogens is 330 g/mol. The molecule has 1 aromatic carbocycles. The number of hydrogen-bond acceptors (Lipinski definition) is 3. The summed E-state index contributed by atoms with van der Waals surface area (Å²) in [5, 5.41) is 0. The summed E-state index contributed by atoms with van der Waals surface area (Å²) in [7, 11) is 0. The topological polar surface area (TPSA) is 44.5 Å². The summed E-state index contributed by atoms with van der Waals surface area (Å²) < 4.78 is 12.6. The summed E-state index contributed by atoms with van der Waals surface area (Å²) in [5.41, 5.74) is 7.65. The first-order valence-corrected chi connectivity index (χ1v) is 8.58.